The molecule has 9 nitrogen and oxygen atoms in total. The van der Waals surface area contributed by atoms with E-state index in [2.05, 4.69) is 30.4 Å². The molecule has 1 atom stereocenters. The molecule has 0 radical (unpaired) electrons. The second-order valence-corrected chi connectivity index (χ2v) is 8.56. The molecule has 1 unspecified atom stereocenters. The Hall–Kier alpha value is -3.85. The summed E-state index contributed by atoms with van der Waals surface area (Å²) < 4.78 is 0. The van der Waals surface area contributed by atoms with Crippen LogP contribution in [-0.2, 0) is 4.79 Å². The van der Waals surface area contributed by atoms with Crippen molar-refractivity contribution in [1.29, 1.82) is 0 Å². The highest BCUT2D eigenvalue weighted by Gasteiger charge is 2.27. The number of anilines is 4. The summed E-state index contributed by atoms with van der Waals surface area (Å²) in [6.45, 7) is 1.32. The fourth-order valence-electron chi connectivity index (χ4n) is 4.17. The van der Waals surface area contributed by atoms with E-state index < -0.39 is 0 Å². The van der Waals surface area contributed by atoms with E-state index >= 15 is 0 Å². The van der Waals surface area contributed by atoms with Gasteiger partial charge in [0.1, 0.15) is 5.82 Å². The van der Waals surface area contributed by atoms with Gasteiger partial charge in [-0.1, -0.05) is 23.7 Å². The number of benzene rings is 2. The molecule has 0 bridgehead atoms. The van der Waals surface area contributed by atoms with Crippen LogP contribution in [0.4, 0.5) is 23.3 Å². The predicted molar refractivity (Wildman–Crippen MR) is 131 cm³/mol. The van der Waals surface area contributed by atoms with E-state index in [4.69, 9.17) is 23.1 Å². The molecule has 168 valence electrons. The quantitative estimate of drug-likeness (QED) is 0.362. The first kappa shape index (κ1) is 21.0. The van der Waals surface area contributed by atoms with Crippen LogP contribution in [0, 0.1) is 5.92 Å². The Labute approximate surface area is 195 Å². The van der Waals surface area contributed by atoms with Gasteiger partial charge in [-0.25, -0.2) is 4.98 Å². The number of aromatic amines is 1. The summed E-state index contributed by atoms with van der Waals surface area (Å²) in [4.78, 5) is 23.8. The Bertz CT molecular complexity index is 1340. The molecule has 33 heavy (non-hydrogen) atoms. The maximum absolute atomic E-state index is 12.9. The number of carbonyl (C=O) groups excluding carboxylic acids is 1. The minimum absolute atomic E-state index is 0.0356. The summed E-state index contributed by atoms with van der Waals surface area (Å²) in [6, 6.07) is 14.8. The highest BCUT2D eigenvalue weighted by atomic mass is 35.5. The number of carbonyl (C=O) groups is 1. The molecule has 5 rings (SSSR count). The molecule has 2 aromatic carbocycles. The van der Waals surface area contributed by atoms with E-state index in [9.17, 15) is 4.79 Å². The first-order valence-corrected chi connectivity index (χ1v) is 11.0. The molecule has 0 aliphatic carbocycles. The normalized spacial score (nSPS) is 16.2. The van der Waals surface area contributed by atoms with Crippen molar-refractivity contribution in [3.63, 3.8) is 0 Å². The van der Waals surface area contributed by atoms with Crippen molar-refractivity contribution in [2.75, 3.05) is 34.8 Å². The summed E-state index contributed by atoms with van der Waals surface area (Å²) in [5, 5.41) is 11.4. The van der Waals surface area contributed by atoms with Crippen LogP contribution in [0.3, 0.4) is 0 Å². The van der Waals surface area contributed by atoms with Gasteiger partial charge < -0.3 is 21.7 Å². The number of hydrogen-bond donors (Lipinski definition) is 4. The van der Waals surface area contributed by atoms with Crippen LogP contribution in [0.2, 0.25) is 5.02 Å². The van der Waals surface area contributed by atoms with Gasteiger partial charge in [0.05, 0.1) is 17.1 Å². The number of hydrogen-bond acceptors (Lipinski definition) is 7. The summed E-state index contributed by atoms with van der Waals surface area (Å²) in [6.07, 6.45) is 1.67. The second kappa shape index (κ2) is 8.59. The number of fused-ring (bicyclic) bond motifs is 1. The summed E-state index contributed by atoms with van der Waals surface area (Å²) in [5.41, 5.74) is 15.0. The zero-order valence-electron chi connectivity index (χ0n) is 17.8. The van der Waals surface area contributed by atoms with Gasteiger partial charge in [0.2, 0.25) is 11.9 Å². The summed E-state index contributed by atoms with van der Waals surface area (Å²) >= 11 is 6.03. The van der Waals surface area contributed by atoms with Gasteiger partial charge in [-0.15, -0.1) is 0 Å². The average molecular weight is 463 g/mol. The third-order valence-corrected chi connectivity index (χ3v) is 6.06. The first-order chi connectivity index (χ1) is 16.0. The van der Waals surface area contributed by atoms with Crippen molar-refractivity contribution in [1.82, 2.24) is 20.2 Å². The number of nitrogens with zero attached hydrogens (tertiary/aromatic N) is 4. The molecule has 0 saturated carbocycles. The second-order valence-electron chi connectivity index (χ2n) is 8.12. The minimum Gasteiger partial charge on any atom is -0.382 e. The van der Waals surface area contributed by atoms with Crippen molar-refractivity contribution in [2.45, 2.75) is 12.8 Å². The molecule has 0 spiro atoms. The fraction of sp³-hybridized carbons (Fsp3) is 0.217. The third-order valence-electron chi connectivity index (χ3n) is 5.83. The van der Waals surface area contributed by atoms with Gasteiger partial charge in [-0.05, 0) is 43.2 Å². The van der Waals surface area contributed by atoms with Crippen LogP contribution in [0.25, 0.3) is 22.2 Å². The van der Waals surface area contributed by atoms with Crippen molar-refractivity contribution in [3.05, 3.63) is 53.6 Å². The van der Waals surface area contributed by atoms with Crippen molar-refractivity contribution in [3.8, 4) is 11.3 Å². The van der Waals surface area contributed by atoms with Gasteiger partial charge in [-0.3, -0.25) is 9.89 Å². The number of amides is 1. The molecule has 1 saturated heterocycles. The van der Waals surface area contributed by atoms with Gasteiger partial charge in [0, 0.05) is 40.8 Å². The monoisotopic (exact) mass is 462 g/mol. The molecule has 1 fully saturated rings. The molecule has 1 aliphatic rings. The Morgan fingerprint density at radius 2 is 2.03 bits per heavy atom. The van der Waals surface area contributed by atoms with E-state index in [0.29, 0.717) is 34.6 Å². The van der Waals surface area contributed by atoms with E-state index in [1.165, 1.54) is 0 Å². The summed E-state index contributed by atoms with van der Waals surface area (Å²) in [5.74, 6) is 1.11. The standard InChI is InChI=1S/C23H23ClN8O/c24-15-4-1-5-16(10-15)27-22(33)14-3-2-8-32(12-14)20-11-18(28-23(26)29-20)13-6-7-17-19(9-13)30-31-21(17)25/h1,4-7,9-11,14H,2-3,8,12H2,(H,27,33)(H3,25,30,31)(H2,26,28,29). The topological polar surface area (TPSA) is 139 Å². The lowest BCUT2D eigenvalue weighted by molar-refractivity contribution is -0.120. The predicted octanol–water partition coefficient (Wildman–Crippen LogP) is 3.69. The number of piperidine rings is 1. The average Bonchev–Trinajstić information content (AvgIpc) is 3.19. The molecule has 6 N–H and O–H groups in total. The van der Waals surface area contributed by atoms with Crippen LogP contribution in [0.5, 0.6) is 0 Å². The molecular weight excluding hydrogens is 440 g/mol. The van der Waals surface area contributed by atoms with Crippen molar-refractivity contribution in [2.24, 2.45) is 5.92 Å². The van der Waals surface area contributed by atoms with Crippen LogP contribution >= 0.6 is 11.6 Å². The number of nitrogens with one attached hydrogen (secondary N) is 2. The van der Waals surface area contributed by atoms with Crippen molar-refractivity contribution < 1.29 is 4.79 Å². The fourth-order valence-corrected chi connectivity index (χ4v) is 4.36. The van der Waals surface area contributed by atoms with Gasteiger partial charge in [0.25, 0.3) is 0 Å². The third kappa shape index (κ3) is 4.40. The van der Waals surface area contributed by atoms with Crippen LogP contribution in [0.15, 0.2) is 48.5 Å². The number of rotatable bonds is 4. The van der Waals surface area contributed by atoms with Crippen molar-refractivity contribution >= 4 is 51.7 Å². The lowest BCUT2D eigenvalue weighted by Crippen LogP contribution is -2.41. The van der Waals surface area contributed by atoms with E-state index in [0.717, 1.165) is 35.9 Å². The maximum Gasteiger partial charge on any atom is 0.229 e. The minimum atomic E-state index is -0.179. The lowest BCUT2D eigenvalue weighted by Gasteiger charge is -2.33. The molecule has 1 amide bonds. The Morgan fingerprint density at radius 1 is 1.15 bits per heavy atom. The highest BCUT2D eigenvalue weighted by molar-refractivity contribution is 6.30. The van der Waals surface area contributed by atoms with Crippen LogP contribution < -0.4 is 21.7 Å². The lowest BCUT2D eigenvalue weighted by atomic mass is 9.97. The molecule has 10 heteroatoms. The molecular formula is C23H23ClN8O. The maximum atomic E-state index is 12.9. The zero-order valence-corrected chi connectivity index (χ0v) is 18.5. The zero-order chi connectivity index (χ0) is 22.9. The first-order valence-electron chi connectivity index (χ1n) is 10.7. The summed E-state index contributed by atoms with van der Waals surface area (Å²) in [7, 11) is 0. The Morgan fingerprint density at radius 3 is 2.88 bits per heavy atom. The van der Waals surface area contributed by atoms with Crippen LogP contribution in [0.1, 0.15) is 12.8 Å². The number of halogens is 1. The molecule has 3 heterocycles. The number of aromatic nitrogens is 4. The van der Waals surface area contributed by atoms with Crippen LogP contribution in [-0.4, -0.2) is 39.2 Å². The number of nitrogen functional groups attached to an aromatic ring is 2. The Balaban J connectivity index is 1.37. The molecule has 4 aromatic rings. The SMILES string of the molecule is Nc1nc(-c2ccc3c(N)n[nH]c3c2)cc(N2CCCC(C(=O)Nc3cccc(Cl)c3)C2)n1. The molecule has 2 aromatic heterocycles. The number of H-pyrrole nitrogens is 1. The van der Waals surface area contributed by atoms with Gasteiger partial charge in [0.15, 0.2) is 5.82 Å². The highest BCUT2D eigenvalue weighted by Crippen LogP contribution is 2.29. The Kier molecular flexibility index (Phi) is 5.47. The van der Waals surface area contributed by atoms with Gasteiger partial charge in [-0.2, -0.15) is 10.1 Å². The van der Waals surface area contributed by atoms with E-state index in [-0.39, 0.29) is 17.8 Å². The van der Waals surface area contributed by atoms with E-state index in [1.54, 1.807) is 12.1 Å². The smallest absolute Gasteiger partial charge is 0.229 e. The van der Waals surface area contributed by atoms with Gasteiger partial charge >= 0.3 is 0 Å². The van der Waals surface area contributed by atoms with E-state index in [1.807, 2.05) is 36.4 Å². The largest absolute Gasteiger partial charge is 0.382 e. The number of nitrogens with two attached hydrogens (primary N) is 2. The molecule has 1 aliphatic heterocycles.